The van der Waals surface area contributed by atoms with Crippen molar-refractivity contribution in [2.75, 3.05) is 0 Å². The van der Waals surface area contributed by atoms with Crippen LogP contribution in [0, 0.1) is 5.82 Å². The molecule has 2 aromatic heterocycles. The lowest BCUT2D eigenvalue weighted by molar-refractivity contribution is 0.528. The van der Waals surface area contributed by atoms with Crippen LogP contribution in [-0.2, 0) is 5.75 Å². The molecule has 2 aromatic carbocycles. The first-order chi connectivity index (χ1) is 12.7. The quantitative estimate of drug-likeness (QED) is 0.460. The Morgan fingerprint density at radius 2 is 1.73 bits per heavy atom. The molecule has 4 aromatic rings. The van der Waals surface area contributed by atoms with Gasteiger partial charge in [-0.15, -0.1) is 15.3 Å². The molecule has 0 aliphatic heterocycles. The van der Waals surface area contributed by atoms with Gasteiger partial charge in [-0.05, 0) is 36.4 Å². The number of rotatable bonds is 5. The second-order valence-electron chi connectivity index (χ2n) is 5.27. The average Bonchev–Trinajstić information content (AvgIpc) is 3.31. The summed E-state index contributed by atoms with van der Waals surface area (Å²) in [7, 11) is 0. The summed E-state index contributed by atoms with van der Waals surface area (Å²) in [6.45, 7) is 0. The maximum Gasteiger partial charge on any atom is 0.247 e. The van der Waals surface area contributed by atoms with Crippen molar-refractivity contribution in [3.63, 3.8) is 0 Å². The number of benzene rings is 2. The van der Waals surface area contributed by atoms with E-state index in [0.717, 1.165) is 10.0 Å². The van der Waals surface area contributed by atoms with Crippen molar-refractivity contribution >= 4 is 27.7 Å². The first-order valence-corrected chi connectivity index (χ1v) is 9.35. The van der Waals surface area contributed by atoms with Crippen molar-refractivity contribution in [2.24, 2.45) is 0 Å². The Morgan fingerprint density at radius 3 is 2.50 bits per heavy atom. The molecule has 0 atom stereocenters. The zero-order valence-electron chi connectivity index (χ0n) is 13.2. The Balaban J connectivity index is 1.42. The molecule has 0 amide bonds. The van der Waals surface area contributed by atoms with Gasteiger partial charge in [-0.1, -0.05) is 39.8 Å². The minimum absolute atomic E-state index is 0.310. The van der Waals surface area contributed by atoms with Crippen LogP contribution >= 0.6 is 27.7 Å². The summed E-state index contributed by atoms with van der Waals surface area (Å²) in [6.07, 6.45) is 0. The Kier molecular flexibility index (Phi) is 4.81. The highest BCUT2D eigenvalue weighted by Gasteiger charge is 2.11. The third-order valence-electron chi connectivity index (χ3n) is 3.47. The maximum atomic E-state index is 13.0. The van der Waals surface area contributed by atoms with E-state index in [9.17, 15) is 4.39 Å². The molecule has 0 bridgehead atoms. The molecule has 0 saturated carbocycles. The van der Waals surface area contributed by atoms with E-state index in [1.165, 1.54) is 23.9 Å². The lowest BCUT2D eigenvalue weighted by Crippen LogP contribution is -1.82. The fraction of sp³-hybridized carbons (Fsp3) is 0.0588. The van der Waals surface area contributed by atoms with E-state index in [4.69, 9.17) is 4.42 Å². The third-order valence-corrected chi connectivity index (χ3v) is 4.83. The molecule has 0 unspecified atom stereocenters. The SMILES string of the molecule is Fc1ccc(-c2nnc(CSc3n[nH]c(-c4ccc(Br)cc4)n3)o2)cc1. The van der Waals surface area contributed by atoms with Gasteiger partial charge in [0.25, 0.3) is 0 Å². The molecule has 130 valence electrons. The van der Waals surface area contributed by atoms with Crippen LogP contribution in [0.25, 0.3) is 22.8 Å². The topological polar surface area (TPSA) is 80.5 Å². The number of H-pyrrole nitrogens is 1. The molecule has 0 radical (unpaired) electrons. The molecular formula is C17H11BrFN5OS. The summed E-state index contributed by atoms with van der Waals surface area (Å²) < 4.78 is 19.6. The van der Waals surface area contributed by atoms with Gasteiger partial charge in [-0.2, -0.15) is 0 Å². The number of hydrogen-bond acceptors (Lipinski definition) is 6. The number of halogens is 2. The number of hydrogen-bond donors (Lipinski definition) is 1. The smallest absolute Gasteiger partial charge is 0.247 e. The summed E-state index contributed by atoms with van der Waals surface area (Å²) >= 11 is 4.79. The van der Waals surface area contributed by atoms with Gasteiger partial charge in [0.1, 0.15) is 5.82 Å². The fourth-order valence-corrected chi connectivity index (χ4v) is 3.09. The van der Waals surface area contributed by atoms with Gasteiger partial charge in [0.2, 0.25) is 16.9 Å². The molecule has 0 aliphatic rings. The first kappa shape index (κ1) is 16.9. The van der Waals surface area contributed by atoms with Crippen molar-refractivity contribution in [2.45, 2.75) is 10.9 Å². The summed E-state index contributed by atoms with van der Waals surface area (Å²) in [4.78, 5) is 4.45. The van der Waals surface area contributed by atoms with E-state index < -0.39 is 0 Å². The highest BCUT2D eigenvalue weighted by atomic mass is 79.9. The molecule has 0 saturated heterocycles. The van der Waals surface area contributed by atoms with E-state index in [1.807, 2.05) is 24.3 Å². The standard InChI is InChI=1S/C17H11BrFN5OS/c18-12-5-1-10(2-6-12)15-20-17(24-22-15)26-9-14-21-23-16(25-14)11-3-7-13(19)8-4-11/h1-8H,9H2,(H,20,22,24). The largest absolute Gasteiger partial charge is 0.420 e. The predicted octanol–water partition coefficient (Wildman–Crippen LogP) is 4.72. The zero-order chi connectivity index (χ0) is 17.9. The van der Waals surface area contributed by atoms with Crippen molar-refractivity contribution in [1.29, 1.82) is 0 Å². The van der Waals surface area contributed by atoms with Crippen LogP contribution < -0.4 is 0 Å². The van der Waals surface area contributed by atoms with Crippen LogP contribution in [0.3, 0.4) is 0 Å². The van der Waals surface area contributed by atoms with Gasteiger partial charge in [0.15, 0.2) is 5.82 Å². The third kappa shape index (κ3) is 3.83. The molecule has 4 rings (SSSR count). The molecular weight excluding hydrogens is 421 g/mol. The number of thioether (sulfide) groups is 1. The van der Waals surface area contributed by atoms with Crippen LogP contribution in [0.4, 0.5) is 4.39 Å². The van der Waals surface area contributed by atoms with Gasteiger partial charge >= 0.3 is 0 Å². The second-order valence-corrected chi connectivity index (χ2v) is 7.13. The van der Waals surface area contributed by atoms with Crippen molar-refractivity contribution in [3.05, 3.63) is 64.7 Å². The molecule has 1 N–H and O–H groups in total. The van der Waals surface area contributed by atoms with Crippen LogP contribution in [0.5, 0.6) is 0 Å². The Morgan fingerprint density at radius 1 is 1.00 bits per heavy atom. The number of nitrogens with zero attached hydrogens (tertiary/aromatic N) is 4. The minimum atomic E-state index is -0.310. The van der Waals surface area contributed by atoms with Crippen LogP contribution in [-0.4, -0.2) is 25.4 Å². The molecule has 6 nitrogen and oxygen atoms in total. The normalized spacial score (nSPS) is 11.0. The Labute approximate surface area is 160 Å². The Hall–Kier alpha value is -2.52. The van der Waals surface area contributed by atoms with Gasteiger partial charge in [-0.25, -0.2) is 9.37 Å². The van der Waals surface area contributed by atoms with E-state index >= 15 is 0 Å². The fourth-order valence-electron chi connectivity index (χ4n) is 2.20. The van der Waals surface area contributed by atoms with Crippen LogP contribution in [0.1, 0.15) is 5.89 Å². The predicted molar refractivity (Wildman–Crippen MR) is 98.8 cm³/mol. The highest BCUT2D eigenvalue weighted by molar-refractivity contribution is 9.10. The number of aromatic nitrogens is 5. The summed E-state index contributed by atoms with van der Waals surface area (Å²) in [5.74, 6) is 1.62. The summed E-state index contributed by atoms with van der Waals surface area (Å²) in [5, 5.41) is 15.7. The second kappa shape index (κ2) is 7.38. The lowest BCUT2D eigenvalue weighted by atomic mass is 10.2. The molecule has 2 heterocycles. The molecule has 0 fully saturated rings. The van der Waals surface area contributed by atoms with Gasteiger partial charge in [-0.3, -0.25) is 5.10 Å². The van der Waals surface area contributed by atoms with E-state index in [1.54, 1.807) is 12.1 Å². The lowest BCUT2D eigenvalue weighted by Gasteiger charge is -1.95. The molecule has 26 heavy (non-hydrogen) atoms. The van der Waals surface area contributed by atoms with Gasteiger partial charge < -0.3 is 4.42 Å². The highest BCUT2D eigenvalue weighted by Crippen LogP contribution is 2.25. The van der Waals surface area contributed by atoms with Crippen molar-refractivity contribution in [3.8, 4) is 22.8 Å². The van der Waals surface area contributed by atoms with E-state index in [-0.39, 0.29) is 5.82 Å². The van der Waals surface area contributed by atoms with E-state index in [0.29, 0.717) is 34.1 Å². The van der Waals surface area contributed by atoms with Gasteiger partial charge in [0, 0.05) is 15.6 Å². The first-order valence-electron chi connectivity index (χ1n) is 7.57. The van der Waals surface area contributed by atoms with E-state index in [2.05, 4.69) is 41.3 Å². The van der Waals surface area contributed by atoms with Crippen molar-refractivity contribution in [1.82, 2.24) is 25.4 Å². The molecule has 0 spiro atoms. The van der Waals surface area contributed by atoms with Crippen LogP contribution in [0.15, 0.2) is 62.6 Å². The molecule has 9 heteroatoms. The molecule has 0 aliphatic carbocycles. The number of aromatic amines is 1. The average molecular weight is 432 g/mol. The minimum Gasteiger partial charge on any atom is -0.420 e. The maximum absolute atomic E-state index is 13.0. The number of nitrogens with one attached hydrogen (secondary N) is 1. The Bertz CT molecular complexity index is 933. The van der Waals surface area contributed by atoms with Gasteiger partial charge in [0.05, 0.1) is 5.75 Å². The monoisotopic (exact) mass is 431 g/mol. The summed E-state index contributed by atoms with van der Waals surface area (Å²) in [5.41, 5.74) is 1.62. The summed E-state index contributed by atoms with van der Waals surface area (Å²) in [6, 6.07) is 13.7. The zero-order valence-corrected chi connectivity index (χ0v) is 15.6. The van der Waals surface area contributed by atoms with Crippen molar-refractivity contribution < 1.29 is 8.81 Å². The van der Waals surface area contributed by atoms with Crippen LogP contribution in [0.2, 0.25) is 0 Å².